The largest absolute Gasteiger partial charge is 0.496 e. The van der Waals surface area contributed by atoms with E-state index in [0.29, 0.717) is 12.3 Å². The summed E-state index contributed by atoms with van der Waals surface area (Å²) in [5.41, 5.74) is 4.45. The molecular weight excluding hydrogens is 350 g/mol. The van der Waals surface area contributed by atoms with Gasteiger partial charge in [-0.2, -0.15) is 0 Å². The molecule has 4 heteroatoms. The van der Waals surface area contributed by atoms with Crippen molar-refractivity contribution in [2.75, 3.05) is 7.11 Å². The summed E-state index contributed by atoms with van der Waals surface area (Å²) in [6.45, 7) is 12.3. The Kier molecular flexibility index (Phi) is 7.50. The van der Waals surface area contributed by atoms with Crippen molar-refractivity contribution in [1.82, 2.24) is 5.32 Å². The molecule has 2 aromatic rings. The Labute approximate surface area is 169 Å². The SMILES string of the molecule is CC[C@@H](Oc1cccc(C)c1)C(=O)N[C@@H](C)c1cc(C(C)C)c(OC)cc1C. The predicted octanol–water partition coefficient (Wildman–Crippen LogP) is 5.47. The molecule has 0 aliphatic carbocycles. The molecule has 0 radical (unpaired) electrons. The Morgan fingerprint density at radius 2 is 1.79 bits per heavy atom. The van der Waals surface area contributed by atoms with Crippen LogP contribution in [0.5, 0.6) is 11.5 Å². The number of hydrogen-bond acceptors (Lipinski definition) is 3. The molecule has 2 atom stereocenters. The van der Waals surface area contributed by atoms with E-state index in [1.54, 1.807) is 7.11 Å². The molecular formula is C24H33NO3. The Balaban J connectivity index is 2.17. The minimum absolute atomic E-state index is 0.0992. The first kappa shape index (κ1) is 21.8. The summed E-state index contributed by atoms with van der Waals surface area (Å²) in [4.78, 5) is 12.8. The first-order valence-electron chi connectivity index (χ1n) is 9.98. The average Bonchev–Trinajstić information content (AvgIpc) is 2.65. The van der Waals surface area contributed by atoms with Gasteiger partial charge in [0, 0.05) is 0 Å². The summed E-state index contributed by atoms with van der Waals surface area (Å²) in [6.07, 6.45) is 0.0816. The lowest BCUT2D eigenvalue weighted by molar-refractivity contribution is -0.128. The van der Waals surface area contributed by atoms with Crippen LogP contribution in [0.3, 0.4) is 0 Å². The fraction of sp³-hybridized carbons (Fsp3) is 0.458. The first-order valence-corrected chi connectivity index (χ1v) is 9.98. The van der Waals surface area contributed by atoms with Gasteiger partial charge in [-0.1, -0.05) is 32.9 Å². The van der Waals surface area contributed by atoms with Crippen LogP contribution < -0.4 is 14.8 Å². The summed E-state index contributed by atoms with van der Waals surface area (Å²) in [7, 11) is 1.69. The van der Waals surface area contributed by atoms with Gasteiger partial charge in [0.25, 0.3) is 5.91 Å². The van der Waals surface area contributed by atoms with Gasteiger partial charge in [0.15, 0.2) is 6.10 Å². The van der Waals surface area contributed by atoms with Gasteiger partial charge in [0.1, 0.15) is 11.5 Å². The first-order chi connectivity index (χ1) is 13.3. The number of benzene rings is 2. The van der Waals surface area contributed by atoms with Crippen molar-refractivity contribution in [3.8, 4) is 11.5 Å². The van der Waals surface area contributed by atoms with Gasteiger partial charge in [0.2, 0.25) is 0 Å². The van der Waals surface area contributed by atoms with E-state index in [9.17, 15) is 4.79 Å². The minimum Gasteiger partial charge on any atom is -0.496 e. The molecule has 4 nitrogen and oxygen atoms in total. The summed E-state index contributed by atoms with van der Waals surface area (Å²) in [6, 6.07) is 11.9. The third kappa shape index (κ3) is 5.28. The van der Waals surface area contributed by atoms with Crippen LogP contribution in [0.15, 0.2) is 36.4 Å². The van der Waals surface area contributed by atoms with Crippen LogP contribution in [0.2, 0.25) is 0 Å². The summed E-state index contributed by atoms with van der Waals surface area (Å²) >= 11 is 0. The number of hydrogen-bond donors (Lipinski definition) is 1. The fourth-order valence-electron chi connectivity index (χ4n) is 3.37. The smallest absolute Gasteiger partial charge is 0.261 e. The number of nitrogens with one attached hydrogen (secondary N) is 1. The Hall–Kier alpha value is -2.49. The standard InChI is InChI=1S/C24H33NO3/c1-8-22(28-19-11-9-10-16(4)12-19)24(26)25-18(6)21-14-20(15(2)3)23(27-7)13-17(21)5/h9-15,18,22H,8H2,1-7H3,(H,25,26)/t18-,22+/m0/s1. The third-order valence-corrected chi connectivity index (χ3v) is 5.00. The van der Waals surface area contributed by atoms with Gasteiger partial charge < -0.3 is 14.8 Å². The molecule has 0 aliphatic rings. The summed E-state index contributed by atoms with van der Waals surface area (Å²) in [5.74, 6) is 1.85. The fourth-order valence-corrected chi connectivity index (χ4v) is 3.37. The van der Waals surface area contributed by atoms with E-state index in [0.717, 1.165) is 33.8 Å². The molecule has 152 valence electrons. The normalized spacial score (nSPS) is 13.1. The van der Waals surface area contributed by atoms with Gasteiger partial charge in [-0.25, -0.2) is 0 Å². The zero-order valence-corrected chi connectivity index (χ0v) is 18.1. The van der Waals surface area contributed by atoms with Gasteiger partial charge in [-0.05, 0) is 79.6 Å². The zero-order valence-electron chi connectivity index (χ0n) is 18.1. The van der Waals surface area contributed by atoms with Crippen molar-refractivity contribution in [2.45, 2.75) is 66.0 Å². The van der Waals surface area contributed by atoms with E-state index in [2.05, 4.69) is 25.2 Å². The summed E-state index contributed by atoms with van der Waals surface area (Å²) < 4.78 is 11.5. The van der Waals surface area contributed by atoms with Crippen LogP contribution in [0, 0.1) is 13.8 Å². The molecule has 0 saturated heterocycles. The second-order valence-electron chi connectivity index (χ2n) is 7.67. The van der Waals surface area contributed by atoms with Crippen molar-refractivity contribution >= 4 is 5.91 Å². The number of rotatable bonds is 8. The highest BCUT2D eigenvalue weighted by molar-refractivity contribution is 5.81. The van der Waals surface area contributed by atoms with Crippen LogP contribution >= 0.6 is 0 Å². The maximum absolute atomic E-state index is 12.8. The molecule has 2 aromatic carbocycles. The van der Waals surface area contributed by atoms with Gasteiger partial charge in [-0.3, -0.25) is 4.79 Å². The molecule has 0 fully saturated rings. The van der Waals surface area contributed by atoms with E-state index in [4.69, 9.17) is 9.47 Å². The molecule has 0 unspecified atom stereocenters. The highest BCUT2D eigenvalue weighted by Gasteiger charge is 2.22. The number of aryl methyl sites for hydroxylation is 2. The number of methoxy groups -OCH3 is 1. The predicted molar refractivity (Wildman–Crippen MR) is 114 cm³/mol. The van der Waals surface area contributed by atoms with Crippen molar-refractivity contribution < 1.29 is 14.3 Å². The van der Waals surface area contributed by atoms with Crippen LogP contribution in [-0.2, 0) is 4.79 Å². The van der Waals surface area contributed by atoms with E-state index in [-0.39, 0.29) is 11.9 Å². The number of ether oxygens (including phenoxy) is 2. The van der Waals surface area contributed by atoms with E-state index < -0.39 is 6.10 Å². The van der Waals surface area contributed by atoms with Crippen molar-refractivity contribution in [2.24, 2.45) is 0 Å². The lowest BCUT2D eigenvalue weighted by atomic mass is 9.93. The molecule has 0 bridgehead atoms. The van der Waals surface area contributed by atoms with Crippen LogP contribution in [0.4, 0.5) is 0 Å². The van der Waals surface area contributed by atoms with Crippen molar-refractivity contribution in [1.29, 1.82) is 0 Å². The maximum atomic E-state index is 12.8. The van der Waals surface area contributed by atoms with E-state index in [1.807, 2.05) is 58.0 Å². The maximum Gasteiger partial charge on any atom is 0.261 e. The molecule has 0 aromatic heterocycles. The van der Waals surface area contributed by atoms with Crippen molar-refractivity contribution in [3.63, 3.8) is 0 Å². The van der Waals surface area contributed by atoms with Crippen molar-refractivity contribution in [3.05, 3.63) is 58.7 Å². The lowest BCUT2D eigenvalue weighted by Gasteiger charge is -2.23. The molecule has 1 amide bonds. The molecule has 0 aliphatic heterocycles. The number of carbonyl (C=O) groups excluding carboxylic acids is 1. The Morgan fingerprint density at radius 1 is 1.07 bits per heavy atom. The van der Waals surface area contributed by atoms with Crippen LogP contribution in [0.25, 0.3) is 0 Å². The van der Waals surface area contributed by atoms with Gasteiger partial charge >= 0.3 is 0 Å². The summed E-state index contributed by atoms with van der Waals surface area (Å²) in [5, 5.41) is 3.12. The number of carbonyl (C=O) groups is 1. The van der Waals surface area contributed by atoms with Gasteiger partial charge in [0.05, 0.1) is 13.2 Å². The Morgan fingerprint density at radius 3 is 2.36 bits per heavy atom. The molecule has 0 heterocycles. The molecule has 1 N–H and O–H groups in total. The van der Waals surface area contributed by atoms with E-state index >= 15 is 0 Å². The molecule has 0 saturated carbocycles. The molecule has 2 rings (SSSR count). The lowest BCUT2D eigenvalue weighted by Crippen LogP contribution is -2.39. The average molecular weight is 384 g/mol. The second kappa shape index (κ2) is 9.63. The van der Waals surface area contributed by atoms with Crippen LogP contribution in [-0.4, -0.2) is 19.1 Å². The molecule has 0 spiro atoms. The topological polar surface area (TPSA) is 47.6 Å². The van der Waals surface area contributed by atoms with Crippen LogP contribution in [0.1, 0.15) is 68.3 Å². The number of amides is 1. The van der Waals surface area contributed by atoms with E-state index in [1.165, 1.54) is 0 Å². The highest BCUT2D eigenvalue weighted by atomic mass is 16.5. The second-order valence-corrected chi connectivity index (χ2v) is 7.67. The van der Waals surface area contributed by atoms with Gasteiger partial charge in [-0.15, -0.1) is 0 Å². The quantitative estimate of drug-likeness (QED) is 0.657. The zero-order chi connectivity index (χ0) is 20.8. The molecule has 28 heavy (non-hydrogen) atoms. The third-order valence-electron chi connectivity index (χ3n) is 5.00. The Bertz CT molecular complexity index is 813. The minimum atomic E-state index is -0.521. The monoisotopic (exact) mass is 383 g/mol. The highest BCUT2D eigenvalue weighted by Crippen LogP contribution is 2.32.